The van der Waals surface area contributed by atoms with Gasteiger partial charge in [-0.25, -0.2) is 0 Å². The Morgan fingerprint density at radius 1 is 1.50 bits per heavy atom. The van der Waals surface area contributed by atoms with Crippen molar-refractivity contribution in [2.24, 2.45) is 5.73 Å². The van der Waals surface area contributed by atoms with E-state index in [1.165, 1.54) is 12.1 Å². The summed E-state index contributed by atoms with van der Waals surface area (Å²) in [6.45, 7) is 1.82. The van der Waals surface area contributed by atoms with E-state index >= 15 is 0 Å². The number of rotatable bonds is 4. The summed E-state index contributed by atoms with van der Waals surface area (Å²) in [7, 11) is 0. The molecule has 1 unspecified atom stereocenters. The summed E-state index contributed by atoms with van der Waals surface area (Å²) in [5.74, 6) is 0.193. The molecule has 0 aliphatic heterocycles. The second-order valence-electron chi connectivity index (χ2n) is 2.91. The molecular weight excluding hydrogens is 182 g/mol. The molecule has 0 aromatic heterocycles. The quantitative estimate of drug-likeness (QED) is 0.753. The normalized spacial score (nSPS) is 12.1. The molecule has 0 fully saturated rings. The first-order valence-corrected chi connectivity index (χ1v) is 4.38. The van der Waals surface area contributed by atoms with Gasteiger partial charge in [-0.05, 0) is 30.7 Å². The van der Waals surface area contributed by atoms with Crippen molar-refractivity contribution in [3.05, 3.63) is 24.3 Å². The maximum absolute atomic E-state index is 10.8. The van der Waals surface area contributed by atoms with Gasteiger partial charge in [0.2, 0.25) is 0 Å². The van der Waals surface area contributed by atoms with Crippen molar-refractivity contribution in [1.29, 1.82) is 0 Å². The third-order valence-electron chi connectivity index (χ3n) is 1.80. The van der Waals surface area contributed by atoms with E-state index in [-0.39, 0.29) is 5.75 Å². The van der Waals surface area contributed by atoms with Crippen LogP contribution in [0.15, 0.2) is 24.3 Å². The molecule has 76 valence electrons. The lowest BCUT2D eigenvalue weighted by atomic mass is 10.2. The van der Waals surface area contributed by atoms with Crippen LogP contribution in [0.2, 0.25) is 0 Å². The predicted molar refractivity (Wildman–Crippen MR) is 52.0 cm³/mol. The third-order valence-corrected chi connectivity index (χ3v) is 1.80. The Hall–Kier alpha value is -1.71. The third kappa shape index (κ3) is 2.65. The second-order valence-corrected chi connectivity index (χ2v) is 2.91. The van der Waals surface area contributed by atoms with Gasteiger partial charge in [-0.2, -0.15) is 0 Å². The van der Waals surface area contributed by atoms with Gasteiger partial charge < -0.3 is 15.6 Å². The number of nitrogens with two attached hydrogens (primary N) is 1. The van der Waals surface area contributed by atoms with Gasteiger partial charge in [-0.1, -0.05) is 6.92 Å². The van der Waals surface area contributed by atoms with E-state index in [1.807, 2.05) is 6.92 Å². The molecule has 0 saturated heterocycles. The van der Waals surface area contributed by atoms with Crippen molar-refractivity contribution in [1.82, 2.24) is 0 Å². The Balaban J connectivity index is 2.67. The summed E-state index contributed by atoms with van der Waals surface area (Å²) in [5, 5.41) is 9.01. The summed E-state index contributed by atoms with van der Waals surface area (Å²) in [5.41, 5.74) is 5.11. The van der Waals surface area contributed by atoms with E-state index in [1.54, 1.807) is 12.1 Å². The molecular formula is C10H13NO3. The highest BCUT2D eigenvalue weighted by molar-refractivity contribution is 5.79. The number of benzene rings is 1. The number of phenols is 1. The number of carbonyl (C=O) groups excluding carboxylic acids is 1. The van der Waals surface area contributed by atoms with E-state index < -0.39 is 12.0 Å². The van der Waals surface area contributed by atoms with E-state index in [9.17, 15) is 4.79 Å². The van der Waals surface area contributed by atoms with Crippen molar-refractivity contribution >= 4 is 5.91 Å². The van der Waals surface area contributed by atoms with Crippen LogP contribution in [0.25, 0.3) is 0 Å². The molecule has 0 saturated carbocycles. The highest BCUT2D eigenvalue weighted by atomic mass is 16.5. The van der Waals surface area contributed by atoms with E-state index in [2.05, 4.69) is 0 Å². The molecule has 1 aromatic rings. The Morgan fingerprint density at radius 2 is 2.07 bits per heavy atom. The predicted octanol–water partition coefficient (Wildman–Crippen LogP) is 1.03. The first kappa shape index (κ1) is 10.4. The number of aromatic hydroxyl groups is 1. The Morgan fingerprint density at radius 3 is 2.50 bits per heavy atom. The van der Waals surface area contributed by atoms with Gasteiger partial charge in [-0.15, -0.1) is 0 Å². The molecule has 14 heavy (non-hydrogen) atoms. The minimum Gasteiger partial charge on any atom is -0.508 e. The lowest BCUT2D eigenvalue weighted by Crippen LogP contribution is -2.32. The number of amides is 1. The summed E-state index contributed by atoms with van der Waals surface area (Å²) in [6, 6.07) is 6.15. The Kier molecular flexibility index (Phi) is 3.34. The highest BCUT2D eigenvalue weighted by Gasteiger charge is 2.13. The fourth-order valence-electron chi connectivity index (χ4n) is 1.03. The lowest BCUT2D eigenvalue weighted by molar-refractivity contribution is -0.124. The highest BCUT2D eigenvalue weighted by Crippen LogP contribution is 2.17. The van der Waals surface area contributed by atoms with Gasteiger partial charge in [0.05, 0.1) is 0 Å². The Bertz CT molecular complexity index is 308. The molecule has 0 spiro atoms. The Labute approximate surface area is 82.3 Å². The number of hydrogen-bond donors (Lipinski definition) is 2. The van der Waals surface area contributed by atoms with Gasteiger partial charge in [-0.3, -0.25) is 4.79 Å². The molecule has 0 aliphatic rings. The van der Waals surface area contributed by atoms with E-state index in [0.29, 0.717) is 12.2 Å². The fourth-order valence-corrected chi connectivity index (χ4v) is 1.03. The minimum atomic E-state index is -0.612. The average molecular weight is 195 g/mol. The summed E-state index contributed by atoms with van der Waals surface area (Å²) in [6.07, 6.45) is -0.0875. The van der Waals surface area contributed by atoms with Gasteiger partial charge in [0.1, 0.15) is 11.5 Å². The van der Waals surface area contributed by atoms with Crippen LogP contribution in [-0.4, -0.2) is 17.1 Å². The van der Waals surface area contributed by atoms with Crippen LogP contribution in [0.4, 0.5) is 0 Å². The molecule has 1 atom stereocenters. The maximum Gasteiger partial charge on any atom is 0.258 e. The van der Waals surface area contributed by atoms with Crippen LogP contribution in [0.5, 0.6) is 11.5 Å². The number of hydrogen-bond acceptors (Lipinski definition) is 3. The summed E-state index contributed by atoms with van der Waals surface area (Å²) in [4.78, 5) is 10.8. The van der Waals surface area contributed by atoms with Crippen LogP contribution in [-0.2, 0) is 4.79 Å². The zero-order valence-electron chi connectivity index (χ0n) is 7.93. The monoisotopic (exact) mass is 195 g/mol. The van der Waals surface area contributed by atoms with Crippen LogP contribution in [0.3, 0.4) is 0 Å². The van der Waals surface area contributed by atoms with Gasteiger partial charge in [0, 0.05) is 0 Å². The number of carbonyl (C=O) groups is 1. The fraction of sp³-hybridized carbons (Fsp3) is 0.300. The SMILES string of the molecule is CCC(Oc1ccc(O)cc1)C(N)=O. The maximum atomic E-state index is 10.8. The van der Waals surface area contributed by atoms with Crippen molar-refractivity contribution in [2.45, 2.75) is 19.4 Å². The van der Waals surface area contributed by atoms with Crippen LogP contribution in [0, 0.1) is 0 Å². The van der Waals surface area contributed by atoms with Crippen molar-refractivity contribution in [3.63, 3.8) is 0 Å². The van der Waals surface area contributed by atoms with Gasteiger partial charge >= 0.3 is 0 Å². The van der Waals surface area contributed by atoms with E-state index in [0.717, 1.165) is 0 Å². The second kappa shape index (κ2) is 4.50. The zero-order chi connectivity index (χ0) is 10.6. The van der Waals surface area contributed by atoms with Crippen molar-refractivity contribution in [3.8, 4) is 11.5 Å². The molecule has 3 N–H and O–H groups in total. The molecule has 1 amide bonds. The smallest absolute Gasteiger partial charge is 0.258 e. The van der Waals surface area contributed by atoms with Gasteiger partial charge in [0.25, 0.3) is 5.91 Å². The topological polar surface area (TPSA) is 72.6 Å². The number of primary amides is 1. The first-order chi connectivity index (χ1) is 6.63. The largest absolute Gasteiger partial charge is 0.508 e. The standard InChI is InChI=1S/C10H13NO3/c1-2-9(10(11)13)14-8-5-3-7(12)4-6-8/h3-6,9,12H,2H2,1H3,(H2,11,13). The number of phenolic OH excluding ortho intramolecular Hbond substituents is 1. The minimum absolute atomic E-state index is 0.157. The molecule has 4 nitrogen and oxygen atoms in total. The number of ether oxygens (including phenoxy) is 1. The lowest BCUT2D eigenvalue weighted by Gasteiger charge is -2.13. The summed E-state index contributed by atoms with van der Waals surface area (Å²) < 4.78 is 5.29. The van der Waals surface area contributed by atoms with Gasteiger partial charge in [0.15, 0.2) is 6.10 Å². The van der Waals surface area contributed by atoms with Crippen LogP contribution in [0.1, 0.15) is 13.3 Å². The molecule has 0 radical (unpaired) electrons. The van der Waals surface area contributed by atoms with Crippen LogP contribution >= 0.6 is 0 Å². The molecule has 1 aromatic carbocycles. The average Bonchev–Trinajstić information content (AvgIpc) is 2.16. The van der Waals surface area contributed by atoms with Crippen molar-refractivity contribution in [2.75, 3.05) is 0 Å². The molecule has 0 bridgehead atoms. The molecule has 4 heteroatoms. The van der Waals surface area contributed by atoms with Crippen molar-refractivity contribution < 1.29 is 14.6 Å². The van der Waals surface area contributed by atoms with E-state index in [4.69, 9.17) is 15.6 Å². The molecule has 0 aliphatic carbocycles. The zero-order valence-corrected chi connectivity index (χ0v) is 7.93. The van der Waals surface area contributed by atoms with Crippen LogP contribution < -0.4 is 10.5 Å². The summed E-state index contributed by atoms with van der Waals surface area (Å²) >= 11 is 0. The first-order valence-electron chi connectivity index (χ1n) is 4.38. The molecule has 0 heterocycles. The molecule has 1 rings (SSSR count).